The van der Waals surface area contributed by atoms with Gasteiger partial charge in [-0.05, 0) is 51.4 Å². The van der Waals surface area contributed by atoms with Gasteiger partial charge in [0.05, 0.1) is 18.8 Å². The molecule has 3 unspecified atom stereocenters. The van der Waals surface area contributed by atoms with Gasteiger partial charge in [0.25, 0.3) is 0 Å². The number of amides is 1. The van der Waals surface area contributed by atoms with Gasteiger partial charge in [-0.3, -0.25) is 4.79 Å². The van der Waals surface area contributed by atoms with E-state index < -0.39 is 24.2 Å². The monoisotopic (exact) mass is 844 g/mol. The van der Waals surface area contributed by atoms with Crippen LogP contribution in [0.25, 0.3) is 0 Å². The standard InChI is InChI=1S/C55H105NO4/c1-3-5-7-9-11-13-15-17-19-21-23-24-25-26-27-28-29-30-31-32-34-36-38-40-42-44-46-48-50-54(59)55(60)56-52(51-57)53(58)49-47-45-43-41-39-37-35-33-22-20-18-16-14-12-10-8-6-4-2/h23-24,26-27,47,49,52-54,57-59H,3-22,25,28-46,48,50-51H2,1-2H3,(H,56,60)/b24-23-,27-26-,49-47+. The molecule has 0 fully saturated rings. The number of allylic oxidation sites excluding steroid dienone is 5. The van der Waals surface area contributed by atoms with E-state index in [1.807, 2.05) is 6.08 Å². The van der Waals surface area contributed by atoms with E-state index in [0.717, 1.165) is 38.5 Å². The summed E-state index contributed by atoms with van der Waals surface area (Å²) in [7, 11) is 0. The molecule has 0 aliphatic rings. The maximum absolute atomic E-state index is 12.5. The van der Waals surface area contributed by atoms with E-state index in [1.54, 1.807) is 6.08 Å². The summed E-state index contributed by atoms with van der Waals surface area (Å²) < 4.78 is 0. The van der Waals surface area contributed by atoms with Gasteiger partial charge in [0, 0.05) is 0 Å². The summed E-state index contributed by atoms with van der Waals surface area (Å²) in [5, 5.41) is 33.3. The SMILES string of the molecule is CCCCCCCCCCC/C=C\C/C=C\CCCCCCCCCCCCCCC(O)C(=O)NC(CO)C(O)/C=C/CCCCCCCCCCCCCCCCCC. The highest BCUT2D eigenvalue weighted by Gasteiger charge is 2.22. The molecule has 0 aromatic carbocycles. The third-order valence-corrected chi connectivity index (χ3v) is 12.5. The second-order valence-electron chi connectivity index (χ2n) is 18.4. The highest BCUT2D eigenvalue weighted by atomic mass is 16.3. The highest BCUT2D eigenvalue weighted by Crippen LogP contribution is 2.16. The molecule has 0 aliphatic heterocycles. The number of carbonyl (C=O) groups excluding carboxylic acids is 1. The van der Waals surface area contributed by atoms with Crippen molar-refractivity contribution >= 4 is 5.91 Å². The average molecular weight is 844 g/mol. The van der Waals surface area contributed by atoms with Gasteiger partial charge in [-0.2, -0.15) is 0 Å². The summed E-state index contributed by atoms with van der Waals surface area (Å²) in [6.45, 7) is 4.20. The Morgan fingerprint density at radius 3 is 1.05 bits per heavy atom. The van der Waals surface area contributed by atoms with Crippen molar-refractivity contribution < 1.29 is 20.1 Å². The van der Waals surface area contributed by atoms with Crippen molar-refractivity contribution in [3.63, 3.8) is 0 Å². The van der Waals surface area contributed by atoms with E-state index in [9.17, 15) is 20.1 Å². The lowest BCUT2D eigenvalue weighted by Gasteiger charge is -2.21. The molecule has 0 rings (SSSR count). The van der Waals surface area contributed by atoms with Crippen LogP contribution in [0, 0.1) is 0 Å². The third-order valence-electron chi connectivity index (χ3n) is 12.5. The zero-order chi connectivity index (χ0) is 43.7. The van der Waals surface area contributed by atoms with Crippen LogP contribution >= 0.6 is 0 Å². The van der Waals surface area contributed by atoms with E-state index >= 15 is 0 Å². The van der Waals surface area contributed by atoms with Gasteiger partial charge in [-0.1, -0.05) is 269 Å². The van der Waals surface area contributed by atoms with E-state index in [2.05, 4.69) is 43.5 Å². The average Bonchev–Trinajstić information content (AvgIpc) is 3.25. The molecule has 5 nitrogen and oxygen atoms in total. The van der Waals surface area contributed by atoms with Crippen molar-refractivity contribution in [3.05, 3.63) is 36.5 Å². The minimum absolute atomic E-state index is 0.363. The summed E-state index contributed by atoms with van der Waals surface area (Å²) in [5.74, 6) is -0.502. The fourth-order valence-corrected chi connectivity index (χ4v) is 8.28. The molecule has 5 heteroatoms. The Hall–Kier alpha value is -1.43. The zero-order valence-corrected chi connectivity index (χ0v) is 40.4. The molecule has 0 heterocycles. The number of hydrogen-bond donors (Lipinski definition) is 4. The first-order valence-corrected chi connectivity index (χ1v) is 26.8. The van der Waals surface area contributed by atoms with Gasteiger partial charge in [0.2, 0.25) is 5.91 Å². The Morgan fingerprint density at radius 1 is 0.417 bits per heavy atom. The highest BCUT2D eigenvalue weighted by molar-refractivity contribution is 5.80. The van der Waals surface area contributed by atoms with E-state index in [4.69, 9.17) is 0 Å². The molecule has 0 aliphatic carbocycles. The van der Waals surface area contributed by atoms with E-state index in [1.165, 1.54) is 225 Å². The number of carbonyl (C=O) groups is 1. The molecule has 0 spiro atoms. The van der Waals surface area contributed by atoms with Crippen LogP contribution in [-0.2, 0) is 4.79 Å². The molecule has 0 saturated heterocycles. The molecule has 60 heavy (non-hydrogen) atoms. The molecule has 0 saturated carbocycles. The molecular weight excluding hydrogens is 739 g/mol. The Balaban J connectivity index is 3.59. The fourth-order valence-electron chi connectivity index (χ4n) is 8.28. The number of nitrogens with one attached hydrogen (secondary N) is 1. The topological polar surface area (TPSA) is 89.8 Å². The number of hydrogen-bond acceptors (Lipinski definition) is 4. The maximum atomic E-state index is 12.5. The van der Waals surface area contributed by atoms with E-state index in [-0.39, 0.29) is 6.61 Å². The Labute approximate surface area is 374 Å². The molecule has 4 N–H and O–H groups in total. The van der Waals surface area contributed by atoms with Gasteiger partial charge in [0.1, 0.15) is 6.10 Å². The molecule has 1 amide bonds. The Kier molecular flexibility index (Phi) is 49.0. The van der Waals surface area contributed by atoms with Crippen LogP contribution in [-0.4, -0.2) is 46.1 Å². The lowest BCUT2D eigenvalue weighted by atomic mass is 10.0. The quantitative estimate of drug-likeness (QED) is 0.0363. The third kappa shape index (κ3) is 44.6. The van der Waals surface area contributed by atoms with Crippen LogP contribution in [0.1, 0.15) is 284 Å². The molecule has 0 aromatic heterocycles. The largest absolute Gasteiger partial charge is 0.394 e. The number of aliphatic hydroxyl groups excluding tert-OH is 3. The predicted molar refractivity (Wildman–Crippen MR) is 264 cm³/mol. The van der Waals surface area contributed by atoms with Crippen LogP contribution in [0.2, 0.25) is 0 Å². The van der Waals surface area contributed by atoms with Crippen LogP contribution in [0.15, 0.2) is 36.5 Å². The van der Waals surface area contributed by atoms with Crippen molar-refractivity contribution in [1.82, 2.24) is 5.32 Å². The minimum atomic E-state index is -1.10. The van der Waals surface area contributed by atoms with Gasteiger partial charge in [-0.15, -0.1) is 0 Å². The molecule has 0 bridgehead atoms. The number of rotatable bonds is 49. The second kappa shape index (κ2) is 50.2. The van der Waals surface area contributed by atoms with Gasteiger partial charge >= 0.3 is 0 Å². The molecule has 0 radical (unpaired) electrons. The Bertz CT molecular complexity index is 931. The van der Waals surface area contributed by atoms with Crippen molar-refractivity contribution in [2.45, 2.75) is 302 Å². The first-order valence-electron chi connectivity index (χ1n) is 26.8. The van der Waals surface area contributed by atoms with Crippen LogP contribution in [0.4, 0.5) is 0 Å². The summed E-state index contributed by atoms with van der Waals surface area (Å²) >= 11 is 0. The predicted octanol–water partition coefficient (Wildman–Crippen LogP) is 16.3. The number of unbranched alkanes of at least 4 members (excludes halogenated alkanes) is 37. The summed E-state index contributed by atoms with van der Waals surface area (Å²) in [6.07, 6.45) is 64.9. The van der Waals surface area contributed by atoms with Crippen molar-refractivity contribution in [2.75, 3.05) is 6.61 Å². The Morgan fingerprint density at radius 2 is 0.717 bits per heavy atom. The molecule has 0 aromatic rings. The summed E-state index contributed by atoms with van der Waals surface area (Å²) in [5.41, 5.74) is 0. The molecule has 3 atom stereocenters. The zero-order valence-electron chi connectivity index (χ0n) is 40.4. The van der Waals surface area contributed by atoms with Crippen molar-refractivity contribution in [1.29, 1.82) is 0 Å². The first-order chi connectivity index (χ1) is 29.6. The minimum Gasteiger partial charge on any atom is -0.394 e. The number of aliphatic hydroxyl groups is 3. The lowest BCUT2D eigenvalue weighted by Crippen LogP contribution is -2.48. The second-order valence-corrected chi connectivity index (χ2v) is 18.4. The van der Waals surface area contributed by atoms with Crippen molar-refractivity contribution in [2.24, 2.45) is 0 Å². The summed E-state index contributed by atoms with van der Waals surface area (Å²) in [6, 6.07) is -0.798. The fraction of sp³-hybridized carbons (Fsp3) is 0.873. The van der Waals surface area contributed by atoms with E-state index in [0.29, 0.717) is 6.42 Å². The van der Waals surface area contributed by atoms with Crippen LogP contribution < -0.4 is 5.32 Å². The molecular formula is C55H105NO4. The van der Waals surface area contributed by atoms with Gasteiger partial charge in [-0.25, -0.2) is 0 Å². The lowest BCUT2D eigenvalue weighted by molar-refractivity contribution is -0.131. The molecule has 354 valence electrons. The van der Waals surface area contributed by atoms with Crippen LogP contribution in [0.5, 0.6) is 0 Å². The van der Waals surface area contributed by atoms with Gasteiger partial charge < -0.3 is 20.6 Å². The normalized spacial score (nSPS) is 13.6. The van der Waals surface area contributed by atoms with Gasteiger partial charge in [0.15, 0.2) is 0 Å². The first kappa shape index (κ1) is 58.6. The van der Waals surface area contributed by atoms with Crippen LogP contribution in [0.3, 0.4) is 0 Å². The van der Waals surface area contributed by atoms with Crippen molar-refractivity contribution in [3.8, 4) is 0 Å². The smallest absolute Gasteiger partial charge is 0.249 e. The maximum Gasteiger partial charge on any atom is 0.249 e. The summed E-state index contributed by atoms with van der Waals surface area (Å²) in [4.78, 5) is 12.5.